The van der Waals surface area contributed by atoms with Gasteiger partial charge in [0.2, 0.25) is 0 Å². The lowest BCUT2D eigenvalue weighted by Crippen LogP contribution is -2.08. The van der Waals surface area contributed by atoms with Crippen LogP contribution in [0.4, 0.5) is 5.69 Å². The van der Waals surface area contributed by atoms with E-state index in [1.165, 1.54) is 0 Å². The highest BCUT2D eigenvalue weighted by atomic mass is 15.1. The van der Waals surface area contributed by atoms with Gasteiger partial charge in [-0.2, -0.15) is 10.5 Å². The van der Waals surface area contributed by atoms with Crippen LogP contribution in [0.3, 0.4) is 0 Å². The Bertz CT molecular complexity index is 711. The van der Waals surface area contributed by atoms with Gasteiger partial charge in [-0.1, -0.05) is 42.5 Å². The van der Waals surface area contributed by atoms with E-state index in [1.807, 2.05) is 85.7 Å². The zero-order valence-electron chi connectivity index (χ0n) is 12.0. The molecule has 0 heterocycles. The van der Waals surface area contributed by atoms with Crippen molar-refractivity contribution in [2.24, 2.45) is 0 Å². The summed E-state index contributed by atoms with van der Waals surface area (Å²) in [5, 5.41) is 18.4. The average Bonchev–Trinajstić information content (AvgIpc) is 2.53. The second-order valence-electron chi connectivity index (χ2n) is 4.78. The summed E-state index contributed by atoms with van der Waals surface area (Å²) < 4.78 is 0. The van der Waals surface area contributed by atoms with Crippen LogP contribution >= 0.6 is 0 Å². The Hall–Kier alpha value is -3.04. The van der Waals surface area contributed by atoms with E-state index in [2.05, 4.69) is 0 Å². The summed E-state index contributed by atoms with van der Waals surface area (Å²) in [6, 6.07) is 21.3. The monoisotopic (exact) mass is 273 g/mol. The van der Waals surface area contributed by atoms with E-state index in [0.717, 1.165) is 16.8 Å². The van der Waals surface area contributed by atoms with Crippen molar-refractivity contribution in [1.29, 1.82) is 10.5 Å². The fraction of sp³-hybridized carbons (Fsp3) is 0.111. The molecule has 0 aliphatic rings. The van der Waals surface area contributed by atoms with Crippen LogP contribution in [-0.4, -0.2) is 14.1 Å². The molecule has 3 nitrogen and oxygen atoms in total. The molecule has 0 aromatic heterocycles. The first kappa shape index (κ1) is 14.4. The smallest absolute Gasteiger partial charge is 0.138 e. The van der Waals surface area contributed by atoms with Crippen LogP contribution in [0.15, 0.2) is 60.2 Å². The molecule has 2 aromatic rings. The van der Waals surface area contributed by atoms with Gasteiger partial charge in [0.15, 0.2) is 0 Å². The number of rotatable bonds is 3. The second-order valence-corrected chi connectivity index (χ2v) is 4.78. The molecule has 0 aliphatic heterocycles. The first-order chi connectivity index (χ1) is 10.2. The average molecular weight is 273 g/mol. The minimum atomic E-state index is 0.124. The molecule has 0 bridgehead atoms. The van der Waals surface area contributed by atoms with Crippen molar-refractivity contribution in [3.05, 3.63) is 71.3 Å². The van der Waals surface area contributed by atoms with Crippen LogP contribution in [0.1, 0.15) is 11.1 Å². The molecule has 0 amide bonds. The Morgan fingerprint density at radius 1 is 0.810 bits per heavy atom. The molecule has 2 rings (SSSR count). The summed E-state index contributed by atoms with van der Waals surface area (Å²) >= 11 is 0. The van der Waals surface area contributed by atoms with Crippen LogP contribution in [0.2, 0.25) is 0 Å². The summed E-state index contributed by atoms with van der Waals surface area (Å²) in [5.74, 6) is 0. The Labute approximate surface area is 125 Å². The van der Waals surface area contributed by atoms with Crippen LogP contribution in [0.25, 0.3) is 5.57 Å². The third-order valence-electron chi connectivity index (χ3n) is 3.21. The maximum absolute atomic E-state index is 9.22. The number of anilines is 1. The zero-order chi connectivity index (χ0) is 15.2. The predicted octanol–water partition coefficient (Wildman–Crippen LogP) is 3.60. The van der Waals surface area contributed by atoms with Crippen molar-refractivity contribution in [3.8, 4) is 12.1 Å². The molecule has 21 heavy (non-hydrogen) atoms. The summed E-state index contributed by atoms with van der Waals surface area (Å²) in [5.41, 5.74) is 3.60. The molecule has 0 spiro atoms. The van der Waals surface area contributed by atoms with Crippen molar-refractivity contribution in [3.63, 3.8) is 0 Å². The molecule has 0 saturated heterocycles. The Morgan fingerprint density at radius 2 is 1.33 bits per heavy atom. The van der Waals surface area contributed by atoms with Gasteiger partial charge in [0, 0.05) is 25.4 Å². The predicted molar refractivity (Wildman–Crippen MR) is 84.5 cm³/mol. The SMILES string of the molecule is CN(C)c1ccc(C(=C(C#N)C#N)c2ccccc2)cc1. The minimum Gasteiger partial charge on any atom is -0.378 e. The number of allylic oxidation sites excluding steroid dienone is 1. The molecule has 102 valence electrons. The normalized spacial score (nSPS) is 9.33. The lowest BCUT2D eigenvalue weighted by atomic mass is 9.93. The molecule has 0 saturated carbocycles. The quantitative estimate of drug-likeness (QED) is 0.803. The van der Waals surface area contributed by atoms with E-state index in [0.29, 0.717) is 5.57 Å². The first-order valence-electron chi connectivity index (χ1n) is 6.55. The van der Waals surface area contributed by atoms with Crippen LogP contribution in [0.5, 0.6) is 0 Å². The molecule has 0 aliphatic carbocycles. The lowest BCUT2D eigenvalue weighted by Gasteiger charge is -2.14. The van der Waals surface area contributed by atoms with E-state index in [4.69, 9.17) is 0 Å². The standard InChI is InChI=1S/C18H15N3/c1-21(2)17-10-8-15(9-11-17)18(16(12-19)13-20)14-6-4-3-5-7-14/h3-11H,1-2H3. The highest BCUT2D eigenvalue weighted by Gasteiger charge is 2.11. The maximum Gasteiger partial charge on any atom is 0.138 e. The highest BCUT2D eigenvalue weighted by Crippen LogP contribution is 2.28. The van der Waals surface area contributed by atoms with Crippen molar-refractivity contribution in [2.75, 3.05) is 19.0 Å². The fourth-order valence-corrected chi connectivity index (χ4v) is 2.12. The van der Waals surface area contributed by atoms with E-state index in [9.17, 15) is 10.5 Å². The summed E-state index contributed by atoms with van der Waals surface area (Å²) in [4.78, 5) is 2.01. The minimum absolute atomic E-state index is 0.124. The van der Waals surface area contributed by atoms with Crippen LogP contribution < -0.4 is 4.90 Å². The van der Waals surface area contributed by atoms with Gasteiger partial charge in [-0.3, -0.25) is 0 Å². The number of hydrogen-bond donors (Lipinski definition) is 0. The molecule has 2 aromatic carbocycles. The topological polar surface area (TPSA) is 50.8 Å². The van der Waals surface area contributed by atoms with Gasteiger partial charge in [-0.15, -0.1) is 0 Å². The van der Waals surface area contributed by atoms with Crippen molar-refractivity contribution in [2.45, 2.75) is 0 Å². The molecule has 0 radical (unpaired) electrons. The highest BCUT2D eigenvalue weighted by molar-refractivity contribution is 5.86. The first-order valence-corrected chi connectivity index (χ1v) is 6.55. The molecule has 0 atom stereocenters. The van der Waals surface area contributed by atoms with Gasteiger partial charge in [0.05, 0.1) is 0 Å². The zero-order valence-corrected chi connectivity index (χ0v) is 12.0. The number of hydrogen-bond acceptors (Lipinski definition) is 3. The molecule has 0 fully saturated rings. The molecular formula is C18H15N3. The van der Waals surface area contributed by atoms with Gasteiger partial charge in [-0.25, -0.2) is 0 Å². The van der Waals surface area contributed by atoms with Crippen molar-refractivity contribution < 1.29 is 0 Å². The van der Waals surface area contributed by atoms with E-state index >= 15 is 0 Å². The van der Waals surface area contributed by atoms with E-state index in [-0.39, 0.29) is 5.57 Å². The Morgan fingerprint density at radius 3 is 1.81 bits per heavy atom. The largest absolute Gasteiger partial charge is 0.378 e. The van der Waals surface area contributed by atoms with Gasteiger partial charge < -0.3 is 4.90 Å². The van der Waals surface area contributed by atoms with E-state index in [1.54, 1.807) is 0 Å². The van der Waals surface area contributed by atoms with Crippen LogP contribution in [-0.2, 0) is 0 Å². The fourth-order valence-electron chi connectivity index (χ4n) is 2.12. The van der Waals surface area contributed by atoms with Crippen molar-refractivity contribution >= 4 is 11.3 Å². The second kappa shape index (κ2) is 6.41. The van der Waals surface area contributed by atoms with Crippen molar-refractivity contribution in [1.82, 2.24) is 0 Å². The number of nitriles is 2. The lowest BCUT2D eigenvalue weighted by molar-refractivity contribution is 1.13. The summed E-state index contributed by atoms with van der Waals surface area (Å²) in [7, 11) is 3.94. The van der Waals surface area contributed by atoms with Crippen LogP contribution in [0, 0.1) is 22.7 Å². The summed E-state index contributed by atoms with van der Waals surface area (Å²) in [6.45, 7) is 0. The molecule has 0 N–H and O–H groups in total. The molecule has 0 unspecified atom stereocenters. The third-order valence-corrected chi connectivity index (χ3v) is 3.21. The van der Waals surface area contributed by atoms with Gasteiger partial charge in [0.25, 0.3) is 0 Å². The molecule has 3 heteroatoms. The number of nitrogens with zero attached hydrogens (tertiary/aromatic N) is 3. The Kier molecular flexibility index (Phi) is 4.39. The number of benzene rings is 2. The molecular weight excluding hydrogens is 258 g/mol. The Balaban J connectivity index is 2.60. The van der Waals surface area contributed by atoms with Gasteiger partial charge in [-0.05, 0) is 23.3 Å². The van der Waals surface area contributed by atoms with E-state index < -0.39 is 0 Å². The van der Waals surface area contributed by atoms with Gasteiger partial charge >= 0.3 is 0 Å². The maximum atomic E-state index is 9.22. The third kappa shape index (κ3) is 3.11. The van der Waals surface area contributed by atoms with Gasteiger partial charge in [0.1, 0.15) is 17.7 Å². The summed E-state index contributed by atoms with van der Waals surface area (Å²) in [6.07, 6.45) is 0.